The number of carbonyl (C=O) groups excluding carboxylic acids is 3. The van der Waals surface area contributed by atoms with E-state index in [-0.39, 0.29) is 16.9 Å². The molecule has 0 aliphatic heterocycles. The van der Waals surface area contributed by atoms with Crippen molar-refractivity contribution in [2.24, 2.45) is 11.1 Å². The summed E-state index contributed by atoms with van der Waals surface area (Å²) in [5.41, 5.74) is 3.98. The van der Waals surface area contributed by atoms with E-state index < -0.39 is 36.0 Å². The van der Waals surface area contributed by atoms with Gasteiger partial charge in [-0.25, -0.2) is 4.68 Å². The van der Waals surface area contributed by atoms with Gasteiger partial charge in [0.25, 0.3) is 11.5 Å². The highest BCUT2D eigenvalue weighted by atomic mass is 16.5. The van der Waals surface area contributed by atoms with E-state index in [1.54, 1.807) is 39.0 Å². The summed E-state index contributed by atoms with van der Waals surface area (Å²) in [6.07, 6.45) is 0. The Hall–Kier alpha value is -3.03. The molecule has 2 rings (SSSR count). The lowest BCUT2D eigenvalue weighted by Crippen LogP contribution is -2.32. The molecule has 0 radical (unpaired) electrons. The fourth-order valence-corrected chi connectivity index (χ4v) is 2.05. The molecule has 1 aromatic heterocycles. The minimum atomic E-state index is -0.818. The van der Waals surface area contributed by atoms with Crippen LogP contribution in [-0.4, -0.2) is 34.0 Å². The minimum absolute atomic E-state index is 0.117. The summed E-state index contributed by atoms with van der Waals surface area (Å²) in [5, 5.41) is 4.39. The number of primary amides is 1. The predicted molar refractivity (Wildman–Crippen MR) is 89.9 cm³/mol. The van der Waals surface area contributed by atoms with Crippen molar-refractivity contribution in [2.75, 3.05) is 6.61 Å². The van der Waals surface area contributed by atoms with Crippen LogP contribution in [0.15, 0.2) is 29.1 Å². The molecule has 0 saturated carbocycles. The Bertz CT molecular complexity index is 909. The maximum Gasteiger partial charge on any atom is 0.328 e. The fourth-order valence-electron chi connectivity index (χ4n) is 2.05. The number of hydrogen-bond donors (Lipinski definition) is 1. The number of aromatic nitrogens is 2. The van der Waals surface area contributed by atoms with Crippen LogP contribution in [0.1, 0.15) is 31.3 Å². The first-order valence-corrected chi connectivity index (χ1v) is 7.60. The number of Topliss-reactive ketones (excluding diaryl/α,β-unsaturated/α-hetero) is 1. The molecular weight excluding hydrogens is 326 g/mol. The highest BCUT2D eigenvalue weighted by Crippen LogP contribution is 2.15. The van der Waals surface area contributed by atoms with Crippen LogP contribution in [0, 0.1) is 5.41 Å². The Morgan fingerprint density at radius 2 is 1.76 bits per heavy atom. The number of nitrogens with two attached hydrogens (primary N) is 1. The minimum Gasteiger partial charge on any atom is -0.456 e. The van der Waals surface area contributed by atoms with Crippen molar-refractivity contribution in [1.82, 2.24) is 9.78 Å². The Labute approximate surface area is 143 Å². The standard InChI is InChI=1S/C17H19N3O5/c1-17(2,3)12(21)9-25-13(22)8-20-16(24)11-7-5-4-6-10(11)14(19-20)15(18)23/h4-7H,8-9H2,1-3H3,(H2,18,23). The molecule has 25 heavy (non-hydrogen) atoms. The van der Waals surface area contributed by atoms with Gasteiger partial charge in [0.1, 0.15) is 6.54 Å². The summed E-state index contributed by atoms with van der Waals surface area (Å²) in [5.74, 6) is -1.88. The first-order valence-electron chi connectivity index (χ1n) is 7.60. The topological polar surface area (TPSA) is 121 Å². The molecule has 1 amide bonds. The van der Waals surface area contributed by atoms with Crippen LogP contribution in [0.2, 0.25) is 0 Å². The van der Waals surface area contributed by atoms with Gasteiger partial charge in [-0.1, -0.05) is 39.0 Å². The molecule has 0 atom stereocenters. The zero-order valence-electron chi connectivity index (χ0n) is 14.2. The molecule has 2 N–H and O–H groups in total. The van der Waals surface area contributed by atoms with Gasteiger partial charge in [-0.05, 0) is 6.07 Å². The first-order chi connectivity index (χ1) is 11.6. The van der Waals surface area contributed by atoms with Gasteiger partial charge in [-0.2, -0.15) is 5.10 Å². The SMILES string of the molecule is CC(C)(C)C(=O)COC(=O)Cn1nc(C(N)=O)c2ccccc2c1=O. The molecule has 1 aromatic carbocycles. The van der Waals surface area contributed by atoms with Crippen LogP contribution in [0.3, 0.4) is 0 Å². The van der Waals surface area contributed by atoms with E-state index in [9.17, 15) is 19.2 Å². The van der Waals surface area contributed by atoms with Crippen molar-refractivity contribution in [1.29, 1.82) is 0 Å². The van der Waals surface area contributed by atoms with Gasteiger partial charge >= 0.3 is 5.97 Å². The van der Waals surface area contributed by atoms with Crippen LogP contribution in [0.4, 0.5) is 0 Å². The molecule has 0 spiro atoms. The monoisotopic (exact) mass is 345 g/mol. The van der Waals surface area contributed by atoms with Crippen molar-refractivity contribution in [3.63, 3.8) is 0 Å². The number of esters is 1. The molecule has 0 unspecified atom stereocenters. The number of fused-ring (bicyclic) bond motifs is 1. The lowest BCUT2D eigenvalue weighted by atomic mass is 9.91. The van der Waals surface area contributed by atoms with E-state index in [1.807, 2.05) is 0 Å². The van der Waals surface area contributed by atoms with Crippen LogP contribution >= 0.6 is 0 Å². The summed E-state index contributed by atoms with van der Waals surface area (Å²) in [4.78, 5) is 47.7. The fraction of sp³-hybridized carbons (Fsp3) is 0.353. The van der Waals surface area contributed by atoms with Crippen molar-refractivity contribution in [3.8, 4) is 0 Å². The maximum absolute atomic E-state index is 12.4. The average Bonchev–Trinajstić information content (AvgIpc) is 2.54. The Kier molecular flexibility index (Phi) is 5.01. The van der Waals surface area contributed by atoms with Gasteiger partial charge in [0.2, 0.25) is 0 Å². The summed E-state index contributed by atoms with van der Waals surface area (Å²) < 4.78 is 5.71. The van der Waals surface area contributed by atoms with Crippen LogP contribution in [0.5, 0.6) is 0 Å². The van der Waals surface area contributed by atoms with Gasteiger partial charge < -0.3 is 10.5 Å². The second kappa shape index (κ2) is 6.84. The number of hydrogen-bond acceptors (Lipinski definition) is 6. The predicted octanol–water partition coefficient (Wildman–Crippen LogP) is 0.654. The zero-order chi connectivity index (χ0) is 18.8. The van der Waals surface area contributed by atoms with E-state index >= 15 is 0 Å². The first kappa shape index (κ1) is 18.3. The highest BCUT2D eigenvalue weighted by molar-refractivity contribution is 6.04. The van der Waals surface area contributed by atoms with Gasteiger partial charge in [0, 0.05) is 10.8 Å². The lowest BCUT2D eigenvalue weighted by molar-refractivity contribution is -0.150. The zero-order valence-corrected chi connectivity index (χ0v) is 14.2. The van der Waals surface area contributed by atoms with Crippen LogP contribution in [0.25, 0.3) is 10.8 Å². The maximum atomic E-state index is 12.4. The molecular formula is C17H19N3O5. The third-order valence-electron chi connectivity index (χ3n) is 3.58. The number of carbonyl (C=O) groups is 3. The molecule has 0 saturated heterocycles. The van der Waals surface area contributed by atoms with Gasteiger partial charge in [-0.3, -0.25) is 19.2 Å². The van der Waals surface area contributed by atoms with Crippen molar-refractivity contribution in [3.05, 3.63) is 40.3 Å². The molecule has 8 nitrogen and oxygen atoms in total. The number of benzene rings is 1. The molecule has 1 heterocycles. The number of ketones is 1. The number of amides is 1. The summed E-state index contributed by atoms with van der Waals surface area (Å²) >= 11 is 0. The highest BCUT2D eigenvalue weighted by Gasteiger charge is 2.23. The van der Waals surface area contributed by atoms with E-state index in [2.05, 4.69) is 5.10 Å². The Morgan fingerprint density at radius 3 is 2.32 bits per heavy atom. The normalized spacial score (nSPS) is 11.3. The number of rotatable bonds is 5. The van der Waals surface area contributed by atoms with Crippen LogP contribution in [-0.2, 0) is 20.9 Å². The number of ether oxygens (including phenoxy) is 1. The Balaban J connectivity index is 2.28. The summed E-state index contributed by atoms with van der Waals surface area (Å²) in [7, 11) is 0. The quantitative estimate of drug-likeness (QED) is 0.794. The van der Waals surface area contributed by atoms with Gasteiger partial charge in [0.15, 0.2) is 18.1 Å². The molecule has 0 fully saturated rings. The van der Waals surface area contributed by atoms with Crippen molar-refractivity contribution in [2.45, 2.75) is 27.3 Å². The van der Waals surface area contributed by atoms with E-state index in [4.69, 9.17) is 10.5 Å². The second-order valence-corrected chi connectivity index (χ2v) is 6.56. The van der Waals surface area contributed by atoms with Crippen molar-refractivity contribution >= 4 is 28.4 Å². The molecule has 8 heteroatoms. The molecule has 0 aliphatic carbocycles. The second-order valence-electron chi connectivity index (χ2n) is 6.56. The van der Waals surface area contributed by atoms with Gasteiger partial charge in [0.05, 0.1) is 5.39 Å². The average molecular weight is 345 g/mol. The molecule has 0 bridgehead atoms. The third kappa shape index (κ3) is 4.09. The summed E-state index contributed by atoms with van der Waals surface area (Å²) in [6, 6.07) is 6.33. The van der Waals surface area contributed by atoms with E-state index in [0.29, 0.717) is 5.39 Å². The lowest BCUT2D eigenvalue weighted by Gasteiger charge is -2.16. The largest absolute Gasteiger partial charge is 0.456 e. The Morgan fingerprint density at radius 1 is 1.16 bits per heavy atom. The third-order valence-corrected chi connectivity index (χ3v) is 3.58. The molecule has 2 aromatic rings. The molecule has 0 aliphatic rings. The van der Waals surface area contributed by atoms with Crippen LogP contribution < -0.4 is 11.3 Å². The number of nitrogens with zero attached hydrogens (tertiary/aromatic N) is 2. The van der Waals surface area contributed by atoms with E-state index in [1.165, 1.54) is 6.07 Å². The smallest absolute Gasteiger partial charge is 0.328 e. The van der Waals surface area contributed by atoms with Crippen molar-refractivity contribution < 1.29 is 19.1 Å². The summed E-state index contributed by atoms with van der Waals surface area (Å²) in [6.45, 7) is 4.20. The van der Waals surface area contributed by atoms with E-state index in [0.717, 1.165) is 4.68 Å². The molecule has 132 valence electrons. The van der Waals surface area contributed by atoms with Gasteiger partial charge in [-0.15, -0.1) is 0 Å².